The molecule has 0 radical (unpaired) electrons. The van der Waals surface area contributed by atoms with E-state index in [2.05, 4.69) is 4.98 Å². The predicted octanol–water partition coefficient (Wildman–Crippen LogP) is 0.557. The summed E-state index contributed by atoms with van der Waals surface area (Å²) < 4.78 is 0. The smallest absolute Gasteiger partial charge is 0.338 e. The Morgan fingerprint density at radius 3 is 2.94 bits per heavy atom. The van der Waals surface area contributed by atoms with Gasteiger partial charge in [0.1, 0.15) is 5.69 Å². The Hall–Kier alpha value is -1.95. The number of aromatic carboxylic acids is 1. The molecule has 0 aliphatic carbocycles. The summed E-state index contributed by atoms with van der Waals surface area (Å²) in [6.07, 6.45) is 2.14. The largest absolute Gasteiger partial charge is 0.478 e. The molecule has 6 heteroatoms. The number of carboxylic acids is 1. The third-order valence-electron chi connectivity index (χ3n) is 2.22. The van der Waals surface area contributed by atoms with Gasteiger partial charge in [-0.25, -0.2) is 9.86 Å². The van der Waals surface area contributed by atoms with Crippen LogP contribution in [0.5, 0.6) is 0 Å². The van der Waals surface area contributed by atoms with E-state index in [0.717, 1.165) is 11.5 Å². The third kappa shape index (κ3) is 1.87. The summed E-state index contributed by atoms with van der Waals surface area (Å²) in [5.74, 6) is -1.67. The van der Waals surface area contributed by atoms with Gasteiger partial charge in [-0.3, -0.25) is 14.6 Å². The topological polar surface area (TPSA) is 79.7 Å². The lowest BCUT2D eigenvalue weighted by molar-refractivity contribution is -0.0772. The third-order valence-corrected chi connectivity index (χ3v) is 2.22. The van der Waals surface area contributed by atoms with Crippen molar-refractivity contribution in [1.29, 1.82) is 0 Å². The number of rotatable bonds is 2. The number of nitrogens with zero attached hydrogens (tertiary/aromatic N) is 2. The van der Waals surface area contributed by atoms with Gasteiger partial charge in [-0.2, -0.15) is 0 Å². The van der Waals surface area contributed by atoms with E-state index >= 15 is 0 Å². The maximum Gasteiger partial charge on any atom is 0.338 e. The van der Waals surface area contributed by atoms with E-state index in [1.807, 2.05) is 0 Å². The summed E-state index contributed by atoms with van der Waals surface area (Å²) in [4.78, 5) is 31.6. The lowest BCUT2D eigenvalue weighted by Gasteiger charge is -2.13. The van der Waals surface area contributed by atoms with Gasteiger partial charge in [-0.1, -0.05) is 0 Å². The fourth-order valence-electron chi connectivity index (χ4n) is 1.47. The number of aromatic nitrogens is 1. The molecular formula is C10H10N2O4. The fraction of sp³-hybridized carbons (Fsp3) is 0.300. The molecule has 1 amide bonds. The van der Waals surface area contributed by atoms with Crippen LogP contribution in [0.15, 0.2) is 18.3 Å². The van der Waals surface area contributed by atoms with Gasteiger partial charge in [0.25, 0.3) is 5.91 Å². The Labute approximate surface area is 91.4 Å². The van der Waals surface area contributed by atoms with Crippen molar-refractivity contribution >= 4 is 11.9 Å². The molecule has 84 valence electrons. The van der Waals surface area contributed by atoms with Gasteiger partial charge in [0.05, 0.1) is 18.7 Å². The van der Waals surface area contributed by atoms with Crippen LogP contribution in [0.1, 0.15) is 27.3 Å². The van der Waals surface area contributed by atoms with E-state index < -0.39 is 11.9 Å². The summed E-state index contributed by atoms with van der Waals surface area (Å²) in [5.41, 5.74) is -0.195. The van der Waals surface area contributed by atoms with Crippen molar-refractivity contribution in [2.45, 2.75) is 6.42 Å². The number of hydroxylamine groups is 2. The van der Waals surface area contributed by atoms with Gasteiger partial charge in [0, 0.05) is 6.20 Å². The Morgan fingerprint density at radius 2 is 2.31 bits per heavy atom. The van der Waals surface area contributed by atoms with Gasteiger partial charge < -0.3 is 5.11 Å². The highest BCUT2D eigenvalue weighted by Gasteiger charge is 2.26. The molecule has 0 aromatic carbocycles. The van der Waals surface area contributed by atoms with E-state index in [1.54, 1.807) is 0 Å². The number of carbonyl (C=O) groups excluding carboxylic acids is 1. The van der Waals surface area contributed by atoms with Crippen LogP contribution in [0.25, 0.3) is 0 Å². The SMILES string of the molecule is O=C(O)c1cccnc1C(=O)N1CCCO1. The van der Waals surface area contributed by atoms with Gasteiger partial charge in [0.2, 0.25) is 0 Å². The van der Waals surface area contributed by atoms with E-state index in [1.165, 1.54) is 18.3 Å². The molecule has 0 unspecified atom stereocenters. The first kappa shape index (κ1) is 10.6. The van der Waals surface area contributed by atoms with Crippen LogP contribution in [0.4, 0.5) is 0 Å². The van der Waals surface area contributed by atoms with Crippen LogP contribution in [-0.2, 0) is 4.84 Å². The highest BCUT2D eigenvalue weighted by Crippen LogP contribution is 2.13. The molecule has 1 N–H and O–H groups in total. The molecule has 1 fully saturated rings. The van der Waals surface area contributed by atoms with Gasteiger partial charge >= 0.3 is 5.97 Å². The molecule has 0 spiro atoms. The Bertz CT molecular complexity index is 427. The average molecular weight is 222 g/mol. The first-order valence-corrected chi connectivity index (χ1v) is 4.83. The molecule has 2 heterocycles. The molecule has 1 aromatic rings. The van der Waals surface area contributed by atoms with Crippen molar-refractivity contribution in [2.24, 2.45) is 0 Å². The minimum atomic E-state index is -1.17. The van der Waals surface area contributed by atoms with Gasteiger partial charge in [0.15, 0.2) is 0 Å². The van der Waals surface area contributed by atoms with Gasteiger partial charge in [-0.05, 0) is 18.6 Å². The van der Waals surface area contributed by atoms with Crippen LogP contribution < -0.4 is 0 Å². The number of carbonyl (C=O) groups is 2. The van der Waals surface area contributed by atoms with Crippen LogP contribution in [0.3, 0.4) is 0 Å². The molecule has 0 atom stereocenters. The normalized spacial score (nSPS) is 15.1. The Kier molecular flexibility index (Phi) is 2.82. The lowest BCUT2D eigenvalue weighted by atomic mass is 10.2. The molecule has 16 heavy (non-hydrogen) atoms. The molecule has 1 aromatic heterocycles. The molecule has 1 saturated heterocycles. The summed E-state index contributed by atoms with van der Waals surface area (Å²) in [6, 6.07) is 2.82. The van der Waals surface area contributed by atoms with Crippen LogP contribution in [0, 0.1) is 0 Å². The lowest BCUT2D eigenvalue weighted by Crippen LogP contribution is -2.29. The molecule has 0 bridgehead atoms. The second-order valence-corrected chi connectivity index (χ2v) is 3.30. The van der Waals surface area contributed by atoms with Crippen LogP contribution >= 0.6 is 0 Å². The predicted molar refractivity (Wildman–Crippen MR) is 52.8 cm³/mol. The highest BCUT2D eigenvalue weighted by atomic mass is 16.7. The number of carboxylic acid groups (broad SMARTS) is 1. The quantitative estimate of drug-likeness (QED) is 0.790. The standard InChI is InChI=1S/C10H10N2O4/c13-9(12-5-2-6-16-12)8-7(10(14)15)3-1-4-11-8/h1,3-4H,2,5-6H2,(H,14,15). The fourth-order valence-corrected chi connectivity index (χ4v) is 1.47. The zero-order valence-electron chi connectivity index (χ0n) is 8.42. The maximum absolute atomic E-state index is 11.8. The van der Waals surface area contributed by atoms with Crippen LogP contribution in [-0.4, -0.2) is 40.2 Å². The number of hydrogen-bond acceptors (Lipinski definition) is 4. The minimum Gasteiger partial charge on any atom is -0.478 e. The Balaban J connectivity index is 2.32. The Morgan fingerprint density at radius 1 is 1.50 bits per heavy atom. The zero-order valence-corrected chi connectivity index (χ0v) is 8.42. The van der Waals surface area contributed by atoms with Crippen molar-refractivity contribution in [3.8, 4) is 0 Å². The monoisotopic (exact) mass is 222 g/mol. The van der Waals surface area contributed by atoms with Crippen LogP contribution in [0.2, 0.25) is 0 Å². The van der Waals surface area contributed by atoms with Crippen molar-refractivity contribution < 1.29 is 19.5 Å². The highest BCUT2D eigenvalue weighted by molar-refractivity contribution is 6.02. The van der Waals surface area contributed by atoms with Crippen molar-refractivity contribution in [3.63, 3.8) is 0 Å². The van der Waals surface area contributed by atoms with Gasteiger partial charge in [-0.15, -0.1) is 0 Å². The summed E-state index contributed by atoms with van der Waals surface area (Å²) in [5, 5.41) is 10.1. The molecule has 1 aliphatic heterocycles. The second kappa shape index (κ2) is 4.28. The van der Waals surface area contributed by atoms with E-state index in [9.17, 15) is 9.59 Å². The van der Waals surface area contributed by atoms with Crippen molar-refractivity contribution in [3.05, 3.63) is 29.6 Å². The minimum absolute atomic E-state index is 0.0862. The van der Waals surface area contributed by atoms with Crippen molar-refractivity contribution in [1.82, 2.24) is 10.0 Å². The molecule has 2 rings (SSSR count). The average Bonchev–Trinajstić information content (AvgIpc) is 2.81. The number of hydrogen-bond donors (Lipinski definition) is 1. The summed E-state index contributed by atoms with van der Waals surface area (Å²) in [7, 11) is 0. The first-order valence-electron chi connectivity index (χ1n) is 4.83. The molecule has 6 nitrogen and oxygen atoms in total. The summed E-state index contributed by atoms with van der Waals surface area (Å²) in [6.45, 7) is 0.940. The first-order chi connectivity index (χ1) is 7.70. The second-order valence-electron chi connectivity index (χ2n) is 3.30. The number of pyridine rings is 1. The van der Waals surface area contributed by atoms with E-state index in [-0.39, 0.29) is 11.3 Å². The van der Waals surface area contributed by atoms with E-state index in [4.69, 9.17) is 9.94 Å². The molecular weight excluding hydrogens is 212 g/mol. The van der Waals surface area contributed by atoms with Crippen molar-refractivity contribution in [2.75, 3.05) is 13.2 Å². The number of amides is 1. The summed E-state index contributed by atoms with van der Waals surface area (Å²) >= 11 is 0. The van der Waals surface area contributed by atoms with E-state index in [0.29, 0.717) is 13.2 Å². The molecule has 1 aliphatic rings. The molecule has 0 saturated carbocycles. The zero-order chi connectivity index (χ0) is 11.5. The maximum atomic E-state index is 11.8.